The van der Waals surface area contributed by atoms with Crippen molar-refractivity contribution in [3.8, 4) is 17.2 Å². The number of piperazine rings is 1. The number of nitrogen functional groups attached to an aromatic ring is 1. The third kappa shape index (κ3) is 5.46. The van der Waals surface area contributed by atoms with Crippen molar-refractivity contribution in [3.05, 3.63) is 53.9 Å². The van der Waals surface area contributed by atoms with Crippen LogP contribution in [0, 0.1) is 0 Å². The smallest absolute Gasteiger partial charge is 0.232 e. The fourth-order valence-corrected chi connectivity index (χ4v) is 4.10. The molecule has 1 saturated heterocycles. The molecular formula is C24H29N7O3. The standard InChI is InChI=1S/C24H29N7O3/c1-2-32-19-6-4-18(5-7-19)26-24-28-22(27-23(25)29-24)15-31-11-9-30(10-12-31)14-17-3-8-20-21(13-17)34-16-33-20/h3-8,13H,2,9-12,14-16H2,1H3,(H3,25,26,27,28,29). The van der Waals surface area contributed by atoms with Gasteiger partial charge < -0.3 is 25.3 Å². The highest BCUT2D eigenvalue weighted by atomic mass is 16.7. The van der Waals surface area contributed by atoms with Gasteiger partial charge in [0.25, 0.3) is 0 Å². The minimum atomic E-state index is 0.208. The summed E-state index contributed by atoms with van der Waals surface area (Å²) < 4.78 is 16.4. The van der Waals surface area contributed by atoms with Crippen LogP contribution in [-0.4, -0.2) is 64.3 Å². The van der Waals surface area contributed by atoms with Gasteiger partial charge in [-0.05, 0) is 48.9 Å². The monoisotopic (exact) mass is 463 g/mol. The molecule has 0 unspecified atom stereocenters. The average molecular weight is 464 g/mol. The molecule has 3 aromatic rings. The number of hydrogen-bond donors (Lipinski definition) is 2. The van der Waals surface area contributed by atoms with Gasteiger partial charge in [0.05, 0.1) is 13.2 Å². The van der Waals surface area contributed by atoms with E-state index >= 15 is 0 Å². The van der Waals surface area contributed by atoms with Crippen molar-refractivity contribution in [1.29, 1.82) is 0 Å². The molecule has 2 aliphatic heterocycles. The van der Waals surface area contributed by atoms with Gasteiger partial charge in [0.1, 0.15) is 11.6 Å². The van der Waals surface area contributed by atoms with Crippen molar-refractivity contribution in [3.63, 3.8) is 0 Å². The summed E-state index contributed by atoms with van der Waals surface area (Å²) in [5.74, 6) is 3.78. The number of nitrogens with zero attached hydrogens (tertiary/aromatic N) is 5. The summed E-state index contributed by atoms with van der Waals surface area (Å²) in [6.07, 6.45) is 0. The lowest BCUT2D eigenvalue weighted by atomic mass is 10.1. The highest BCUT2D eigenvalue weighted by Gasteiger charge is 2.20. The van der Waals surface area contributed by atoms with Gasteiger partial charge in [0, 0.05) is 38.4 Å². The second-order valence-corrected chi connectivity index (χ2v) is 8.26. The summed E-state index contributed by atoms with van der Waals surface area (Å²) in [5, 5.41) is 3.20. The molecule has 1 fully saturated rings. The van der Waals surface area contributed by atoms with E-state index in [2.05, 4.69) is 42.2 Å². The van der Waals surface area contributed by atoms with E-state index in [9.17, 15) is 0 Å². The molecular weight excluding hydrogens is 434 g/mol. The van der Waals surface area contributed by atoms with Gasteiger partial charge in [-0.1, -0.05) is 6.07 Å². The zero-order valence-corrected chi connectivity index (χ0v) is 19.2. The topological polar surface area (TPSA) is 111 Å². The summed E-state index contributed by atoms with van der Waals surface area (Å²) in [5.41, 5.74) is 8.05. The highest BCUT2D eigenvalue weighted by molar-refractivity contribution is 5.55. The number of nitrogens with one attached hydrogen (secondary N) is 1. The lowest BCUT2D eigenvalue weighted by molar-refractivity contribution is 0.120. The molecule has 3 N–H and O–H groups in total. The average Bonchev–Trinajstić information content (AvgIpc) is 3.29. The molecule has 10 nitrogen and oxygen atoms in total. The third-order valence-electron chi connectivity index (χ3n) is 5.79. The number of nitrogens with two attached hydrogens (primary N) is 1. The van der Waals surface area contributed by atoms with Crippen LogP contribution < -0.4 is 25.3 Å². The van der Waals surface area contributed by atoms with Crippen LogP contribution in [-0.2, 0) is 13.1 Å². The Morgan fingerprint density at radius 3 is 2.41 bits per heavy atom. The first-order valence-electron chi connectivity index (χ1n) is 11.5. The molecule has 2 aromatic carbocycles. The van der Waals surface area contributed by atoms with E-state index in [1.54, 1.807) is 0 Å². The maximum Gasteiger partial charge on any atom is 0.232 e. The molecule has 0 spiro atoms. The van der Waals surface area contributed by atoms with E-state index < -0.39 is 0 Å². The van der Waals surface area contributed by atoms with E-state index in [1.165, 1.54) is 5.56 Å². The van der Waals surface area contributed by atoms with Crippen LogP contribution in [0.5, 0.6) is 17.2 Å². The number of hydrogen-bond acceptors (Lipinski definition) is 10. The largest absolute Gasteiger partial charge is 0.494 e. The van der Waals surface area contributed by atoms with Crippen molar-refractivity contribution < 1.29 is 14.2 Å². The predicted molar refractivity (Wildman–Crippen MR) is 128 cm³/mol. The molecule has 0 bridgehead atoms. The fourth-order valence-electron chi connectivity index (χ4n) is 4.10. The fraction of sp³-hybridized carbons (Fsp3) is 0.375. The first-order valence-corrected chi connectivity index (χ1v) is 11.5. The van der Waals surface area contributed by atoms with Crippen LogP contribution >= 0.6 is 0 Å². The number of ether oxygens (including phenoxy) is 3. The third-order valence-corrected chi connectivity index (χ3v) is 5.79. The highest BCUT2D eigenvalue weighted by Crippen LogP contribution is 2.32. The van der Waals surface area contributed by atoms with Gasteiger partial charge in [0.2, 0.25) is 18.7 Å². The van der Waals surface area contributed by atoms with E-state index in [1.807, 2.05) is 37.3 Å². The van der Waals surface area contributed by atoms with E-state index in [-0.39, 0.29) is 5.95 Å². The Bertz CT molecular complexity index is 1120. The molecule has 2 aliphatic rings. The molecule has 1 aromatic heterocycles. The molecule has 0 radical (unpaired) electrons. The van der Waals surface area contributed by atoms with Gasteiger partial charge in [0.15, 0.2) is 11.5 Å². The summed E-state index contributed by atoms with van der Waals surface area (Å²) in [7, 11) is 0. The van der Waals surface area contributed by atoms with Gasteiger partial charge in [-0.15, -0.1) is 0 Å². The zero-order valence-electron chi connectivity index (χ0n) is 19.2. The lowest BCUT2D eigenvalue weighted by Gasteiger charge is -2.34. The van der Waals surface area contributed by atoms with Crippen LogP contribution in [0.3, 0.4) is 0 Å². The second-order valence-electron chi connectivity index (χ2n) is 8.26. The Morgan fingerprint density at radius 2 is 1.65 bits per heavy atom. The Balaban J connectivity index is 1.15. The van der Waals surface area contributed by atoms with Gasteiger partial charge in [-0.3, -0.25) is 9.80 Å². The van der Waals surface area contributed by atoms with Crippen molar-refractivity contribution >= 4 is 17.6 Å². The number of rotatable bonds is 8. The number of benzene rings is 2. The maximum absolute atomic E-state index is 5.96. The molecule has 34 heavy (non-hydrogen) atoms. The van der Waals surface area contributed by atoms with Gasteiger partial charge >= 0.3 is 0 Å². The molecule has 178 valence electrons. The predicted octanol–water partition coefficient (Wildman–Crippen LogP) is 2.64. The second kappa shape index (κ2) is 10.1. The normalized spacial score (nSPS) is 15.9. The van der Waals surface area contributed by atoms with Crippen molar-refractivity contribution in [2.75, 3.05) is 50.6 Å². The lowest BCUT2D eigenvalue weighted by Crippen LogP contribution is -2.45. The van der Waals surface area contributed by atoms with Crippen LogP contribution in [0.2, 0.25) is 0 Å². The molecule has 10 heteroatoms. The van der Waals surface area contributed by atoms with E-state index in [0.717, 1.165) is 55.7 Å². The van der Waals surface area contributed by atoms with Crippen molar-refractivity contribution in [1.82, 2.24) is 24.8 Å². The SMILES string of the molecule is CCOc1ccc(Nc2nc(N)nc(CN3CCN(Cc4ccc5c(c4)OCO5)CC3)n2)cc1. The van der Waals surface area contributed by atoms with Crippen LogP contribution in [0.15, 0.2) is 42.5 Å². The van der Waals surface area contributed by atoms with Gasteiger partial charge in [-0.25, -0.2) is 0 Å². The number of fused-ring (bicyclic) bond motifs is 1. The Labute approximate surface area is 198 Å². The summed E-state index contributed by atoms with van der Waals surface area (Å²) in [4.78, 5) is 17.9. The number of anilines is 3. The first-order chi connectivity index (χ1) is 16.6. The van der Waals surface area contributed by atoms with Crippen LogP contribution in [0.1, 0.15) is 18.3 Å². The van der Waals surface area contributed by atoms with E-state index in [0.29, 0.717) is 31.7 Å². The summed E-state index contributed by atoms with van der Waals surface area (Å²) in [6.45, 7) is 8.19. The molecule has 0 atom stereocenters. The van der Waals surface area contributed by atoms with Crippen molar-refractivity contribution in [2.45, 2.75) is 20.0 Å². The van der Waals surface area contributed by atoms with Crippen molar-refractivity contribution in [2.24, 2.45) is 0 Å². The Morgan fingerprint density at radius 1 is 0.912 bits per heavy atom. The molecule has 3 heterocycles. The van der Waals surface area contributed by atoms with Crippen LogP contribution in [0.4, 0.5) is 17.6 Å². The minimum absolute atomic E-state index is 0.208. The minimum Gasteiger partial charge on any atom is -0.494 e. The Hall–Kier alpha value is -3.63. The summed E-state index contributed by atoms with van der Waals surface area (Å²) in [6, 6.07) is 13.8. The Kier molecular flexibility index (Phi) is 6.59. The molecule has 5 rings (SSSR count). The molecule has 0 aliphatic carbocycles. The van der Waals surface area contributed by atoms with E-state index in [4.69, 9.17) is 19.9 Å². The maximum atomic E-state index is 5.96. The van der Waals surface area contributed by atoms with Gasteiger partial charge in [-0.2, -0.15) is 15.0 Å². The zero-order chi connectivity index (χ0) is 23.3. The molecule has 0 amide bonds. The van der Waals surface area contributed by atoms with Crippen LogP contribution in [0.25, 0.3) is 0 Å². The quantitative estimate of drug-likeness (QED) is 0.517. The number of aromatic nitrogens is 3. The summed E-state index contributed by atoms with van der Waals surface area (Å²) >= 11 is 0. The molecule has 0 saturated carbocycles. The first kappa shape index (κ1) is 22.2.